The van der Waals surface area contributed by atoms with Gasteiger partial charge in [0.2, 0.25) is 0 Å². The SMILES string of the molecule is CC1CCC(Nc2ccc(-n3cnnn3)cc2)CC1C. The number of hydrogen-bond donors (Lipinski definition) is 1. The molecule has 3 unspecified atom stereocenters. The minimum Gasteiger partial charge on any atom is -0.382 e. The number of benzene rings is 1. The molecule has 0 radical (unpaired) electrons. The Bertz CT molecular complexity index is 534. The molecular weight excluding hydrogens is 250 g/mol. The first kappa shape index (κ1) is 13.1. The van der Waals surface area contributed by atoms with Crippen molar-refractivity contribution in [3.8, 4) is 5.69 Å². The molecule has 1 aliphatic carbocycles. The van der Waals surface area contributed by atoms with Crippen molar-refractivity contribution in [2.24, 2.45) is 11.8 Å². The minimum atomic E-state index is 0.597. The van der Waals surface area contributed by atoms with Crippen LogP contribution in [0.15, 0.2) is 30.6 Å². The number of tetrazole rings is 1. The van der Waals surface area contributed by atoms with E-state index in [4.69, 9.17) is 0 Å². The van der Waals surface area contributed by atoms with Gasteiger partial charge in [-0.15, -0.1) is 5.10 Å². The normalized spacial score (nSPS) is 26.4. The minimum absolute atomic E-state index is 0.597. The summed E-state index contributed by atoms with van der Waals surface area (Å²) in [5.41, 5.74) is 2.15. The summed E-state index contributed by atoms with van der Waals surface area (Å²) in [5, 5.41) is 14.8. The third-order valence-corrected chi connectivity index (χ3v) is 4.45. The lowest BCUT2D eigenvalue weighted by atomic mass is 9.79. The van der Waals surface area contributed by atoms with Gasteiger partial charge in [-0.2, -0.15) is 0 Å². The van der Waals surface area contributed by atoms with Crippen molar-refractivity contribution in [1.29, 1.82) is 0 Å². The maximum atomic E-state index is 3.89. The van der Waals surface area contributed by atoms with E-state index in [1.54, 1.807) is 11.0 Å². The van der Waals surface area contributed by atoms with E-state index in [1.165, 1.54) is 24.9 Å². The molecule has 1 saturated carbocycles. The molecule has 5 nitrogen and oxygen atoms in total. The zero-order chi connectivity index (χ0) is 13.9. The fourth-order valence-electron chi connectivity index (χ4n) is 2.90. The summed E-state index contributed by atoms with van der Waals surface area (Å²) in [6, 6.07) is 8.86. The molecule has 0 aliphatic heterocycles. The quantitative estimate of drug-likeness (QED) is 0.932. The summed E-state index contributed by atoms with van der Waals surface area (Å²) in [5.74, 6) is 1.66. The van der Waals surface area contributed by atoms with Crippen molar-refractivity contribution in [1.82, 2.24) is 20.2 Å². The van der Waals surface area contributed by atoms with Crippen LogP contribution in [0.3, 0.4) is 0 Å². The Morgan fingerprint density at radius 1 is 1.10 bits per heavy atom. The average molecular weight is 271 g/mol. The molecule has 1 aromatic carbocycles. The van der Waals surface area contributed by atoms with Crippen LogP contribution in [0, 0.1) is 11.8 Å². The van der Waals surface area contributed by atoms with Crippen LogP contribution in [-0.4, -0.2) is 26.2 Å². The zero-order valence-electron chi connectivity index (χ0n) is 12.0. The predicted octanol–water partition coefficient (Wildman–Crippen LogP) is 2.90. The summed E-state index contributed by atoms with van der Waals surface area (Å²) in [6.07, 6.45) is 5.45. The number of nitrogens with one attached hydrogen (secondary N) is 1. The van der Waals surface area contributed by atoms with Gasteiger partial charge >= 0.3 is 0 Å². The van der Waals surface area contributed by atoms with E-state index in [0.717, 1.165) is 17.5 Å². The monoisotopic (exact) mass is 271 g/mol. The van der Waals surface area contributed by atoms with Crippen molar-refractivity contribution in [2.75, 3.05) is 5.32 Å². The Morgan fingerprint density at radius 3 is 2.55 bits per heavy atom. The highest BCUT2D eigenvalue weighted by Gasteiger charge is 2.24. The van der Waals surface area contributed by atoms with Crippen LogP contribution in [-0.2, 0) is 0 Å². The molecule has 5 heteroatoms. The Kier molecular flexibility index (Phi) is 3.67. The second-order valence-electron chi connectivity index (χ2n) is 5.91. The van der Waals surface area contributed by atoms with Crippen LogP contribution >= 0.6 is 0 Å². The highest BCUT2D eigenvalue weighted by Crippen LogP contribution is 2.31. The number of hydrogen-bond acceptors (Lipinski definition) is 4. The number of aromatic nitrogens is 4. The average Bonchev–Trinajstić information content (AvgIpc) is 2.98. The Balaban J connectivity index is 1.64. The van der Waals surface area contributed by atoms with Gasteiger partial charge in [-0.3, -0.25) is 0 Å². The maximum absolute atomic E-state index is 3.89. The molecule has 3 rings (SSSR count). The van der Waals surface area contributed by atoms with Crippen LogP contribution in [0.4, 0.5) is 5.69 Å². The van der Waals surface area contributed by atoms with E-state index in [2.05, 4.69) is 46.8 Å². The smallest absolute Gasteiger partial charge is 0.143 e. The van der Waals surface area contributed by atoms with Crippen molar-refractivity contribution >= 4 is 5.69 Å². The van der Waals surface area contributed by atoms with Gasteiger partial charge in [-0.1, -0.05) is 13.8 Å². The summed E-state index contributed by atoms with van der Waals surface area (Å²) >= 11 is 0. The summed E-state index contributed by atoms with van der Waals surface area (Å²) in [6.45, 7) is 4.72. The van der Waals surface area contributed by atoms with Crippen molar-refractivity contribution in [3.05, 3.63) is 30.6 Å². The van der Waals surface area contributed by atoms with Crippen molar-refractivity contribution in [2.45, 2.75) is 39.2 Å². The molecular formula is C15H21N5. The largest absolute Gasteiger partial charge is 0.382 e. The highest BCUT2D eigenvalue weighted by molar-refractivity contribution is 5.49. The third-order valence-electron chi connectivity index (χ3n) is 4.45. The van der Waals surface area contributed by atoms with E-state index in [9.17, 15) is 0 Å². The van der Waals surface area contributed by atoms with E-state index in [-0.39, 0.29) is 0 Å². The third kappa shape index (κ3) is 2.81. The second kappa shape index (κ2) is 5.61. The van der Waals surface area contributed by atoms with Gasteiger partial charge in [-0.25, -0.2) is 4.68 Å². The molecule has 1 N–H and O–H groups in total. The number of anilines is 1. The molecule has 0 amide bonds. The molecule has 0 bridgehead atoms. The molecule has 3 atom stereocenters. The molecule has 2 aromatic rings. The summed E-state index contributed by atoms with van der Waals surface area (Å²) in [4.78, 5) is 0. The molecule has 1 heterocycles. The first-order valence-electron chi connectivity index (χ1n) is 7.32. The van der Waals surface area contributed by atoms with E-state index in [0.29, 0.717) is 6.04 Å². The zero-order valence-corrected chi connectivity index (χ0v) is 12.0. The highest BCUT2D eigenvalue weighted by atomic mass is 15.5. The van der Waals surface area contributed by atoms with E-state index in [1.807, 2.05) is 12.1 Å². The van der Waals surface area contributed by atoms with Crippen LogP contribution in [0.1, 0.15) is 33.1 Å². The fraction of sp³-hybridized carbons (Fsp3) is 0.533. The standard InChI is InChI=1S/C15H21N5/c1-11-3-4-14(9-12(11)2)17-13-5-7-15(8-6-13)20-10-16-18-19-20/h5-8,10-12,14,17H,3-4,9H2,1-2H3. The predicted molar refractivity (Wildman–Crippen MR) is 78.7 cm³/mol. The maximum Gasteiger partial charge on any atom is 0.143 e. The van der Waals surface area contributed by atoms with Gasteiger partial charge in [0.05, 0.1) is 5.69 Å². The fourth-order valence-corrected chi connectivity index (χ4v) is 2.90. The van der Waals surface area contributed by atoms with Crippen molar-refractivity contribution in [3.63, 3.8) is 0 Å². The van der Waals surface area contributed by atoms with Crippen LogP contribution < -0.4 is 5.32 Å². The Morgan fingerprint density at radius 2 is 1.90 bits per heavy atom. The Hall–Kier alpha value is -1.91. The molecule has 1 aromatic heterocycles. The van der Waals surface area contributed by atoms with Crippen LogP contribution in [0.25, 0.3) is 5.69 Å². The van der Waals surface area contributed by atoms with E-state index >= 15 is 0 Å². The molecule has 0 saturated heterocycles. The molecule has 1 fully saturated rings. The topological polar surface area (TPSA) is 55.6 Å². The molecule has 20 heavy (non-hydrogen) atoms. The Labute approximate surface area is 119 Å². The summed E-state index contributed by atoms with van der Waals surface area (Å²) in [7, 11) is 0. The van der Waals surface area contributed by atoms with Gasteiger partial charge in [-0.05, 0) is 65.8 Å². The summed E-state index contributed by atoms with van der Waals surface area (Å²) < 4.78 is 1.66. The van der Waals surface area contributed by atoms with Crippen LogP contribution in [0.2, 0.25) is 0 Å². The molecule has 1 aliphatic rings. The van der Waals surface area contributed by atoms with Gasteiger partial charge in [0.15, 0.2) is 0 Å². The van der Waals surface area contributed by atoms with Crippen molar-refractivity contribution < 1.29 is 0 Å². The first-order valence-corrected chi connectivity index (χ1v) is 7.32. The van der Waals surface area contributed by atoms with Gasteiger partial charge in [0, 0.05) is 11.7 Å². The number of nitrogens with zero attached hydrogens (tertiary/aromatic N) is 4. The molecule has 106 valence electrons. The van der Waals surface area contributed by atoms with Crippen LogP contribution in [0.5, 0.6) is 0 Å². The van der Waals surface area contributed by atoms with Gasteiger partial charge in [0.1, 0.15) is 6.33 Å². The van der Waals surface area contributed by atoms with Gasteiger partial charge < -0.3 is 5.32 Å². The van der Waals surface area contributed by atoms with Gasteiger partial charge in [0.25, 0.3) is 0 Å². The molecule has 0 spiro atoms. The lowest BCUT2D eigenvalue weighted by Crippen LogP contribution is -2.30. The second-order valence-corrected chi connectivity index (χ2v) is 5.91. The lowest BCUT2D eigenvalue weighted by Gasteiger charge is -2.33. The van der Waals surface area contributed by atoms with E-state index < -0.39 is 0 Å². The number of rotatable bonds is 3. The first-order chi connectivity index (χ1) is 9.72. The lowest BCUT2D eigenvalue weighted by molar-refractivity contribution is 0.261.